The number of esters is 1. The van der Waals surface area contributed by atoms with Crippen LogP contribution in [0.4, 0.5) is 0 Å². The minimum absolute atomic E-state index is 0.0213. The zero-order valence-electron chi connectivity index (χ0n) is 8.64. The van der Waals surface area contributed by atoms with Gasteiger partial charge >= 0.3 is 5.97 Å². The van der Waals surface area contributed by atoms with Crippen LogP contribution in [0.15, 0.2) is 29.2 Å². The number of hydrogen-bond acceptors (Lipinski definition) is 4. The number of carbonyl (C=O) groups is 1. The molecule has 0 spiro atoms. The fraction of sp³-hybridized carbons (Fsp3) is 0.300. The van der Waals surface area contributed by atoms with Crippen molar-refractivity contribution in [3.8, 4) is 0 Å². The zero-order valence-corrected chi connectivity index (χ0v) is 10.2. The van der Waals surface area contributed by atoms with Crippen molar-refractivity contribution < 1.29 is 17.9 Å². The fourth-order valence-corrected chi connectivity index (χ4v) is 2.51. The Kier molecular flexibility index (Phi) is 4.32. The Labute approximate surface area is 99.1 Å². The molecule has 0 saturated heterocycles. The number of carbonyl (C=O) groups excluding carboxylic acids is 1. The lowest BCUT2D eigenvalue weighted by Crippen LogP contribution is -2.18. The van der Waals surface area contributed by atoms with Crippen LogP contribution in [0.3, 0.4) is 0 Å². The predicted octanol–water partition coefficient (Wildman–Crippen LogP) is 1.68. The standard InChI is InChI=1S/C10H11ClO4S/c1-2-15-10(12)7-16(13,14)9-5-3-4-8(11)6-9/h3-6H,2,7H2,1H3. The molecule has 1 rings (SSSR count). The summed E-state index contributed by atoms with van der Waals surface area (Å²) in [7, 11) is -3.66. The average Bonchev–Trinajstić information content (AvgIpc) is 2.17. The van der Waals surface area contributed by atoms with Crippen molar-refractivity contribution in [2.45, 2.75) is 11.8 Å². The van der Waals surface area contributed by atoms with Gasteiger partial charge < -0.3 is 4.74 Å². The largest absolute Gasteiger partial charge is 0.465 e. The topological polar surface area (TPSA) is 60.4 Å². The summed E-state index contributed by atoms with van der Waals surface area (Å²) in [5.74, 6) is -1.43. The van der Waals surface area contributed by atoms with Gasteiger partial charge in [0.2, 0.25) is 0 Å². The molecule has 1 aromatic carbocycles. The summed E-state index contributed by atoms with van der Waals surface area (Å²) in [6.45, 7) is 1.77. The second kappa shape index (κ2) is 5.32. The Balaban J connectivity index is 2.90. The summed E-state index contributed by atoms with van der Waals surface area (Å²) in [5.41, 5.74) is 0. The molecule has 0 heterocycles. The average molecular weight is 263 g/mol. The predicted molar refractivity (Wildman–Crippen MR) is 60.1 cm³/mol. The highest BCUT2D eigenvalue weighted by molar-refractivity contribution is 7.92. The van der Waals surface area contributed by atoms with Gasteiger partial charge in [-0.25, -0.2) is 8.42 Å². The van der Waals surface area contributed by atoms with Gasteiger partial charge in [0, 0.05) is 5.02 Å². The van der Waals surface area contributed by atoms with Gasteiger partial charge in [0.05, 0.1) is 11.5 Å². The van der Waals surface area contributed by atoms with E-state index in [4.69, 9.17) is 11.6 Å². The first-order valence-electron chi connectivity index (χ1n) is 4.59. The molecule has 0 atom stereocenters. The van der Waals surface area contributed by atoms with E-state index in [0.717, 1.165) is 0 Å². The maximum atomic E-state index is 11.7. The molecular weight excluding hydrogens is 252 g/mol. The SMILES string of the molecule is CCOC(=O)CS(=O)(=O)c1cccc(Cl)c1. The molecule has 6 heteroatoms. The Morgan fingerprint density at radius 2 is 2.12 bits per heavy atom. The summed E-state index contributed by atoms with van der Waals surface area (Å²) >= 11 is 5.67. The summed E-state index contributed by atoms with van der Waals surface area (Å²) < 4.78 is 28.0. The third kappa shape index (κ3) is 3.50. The van der Waals surface area contributed by atoms with Crippen molar-refractivity contribution in [3.63, 3.8) is 0 Å². The summed E-state index contributed by atoms with van der Waals surface area (Å²) in [4.78, 5) is 11.1. The van der Waals surface area contributed by atoms with Crippen LogP contribution in [0.2, 0.25) is 5.02 Å². The van der Waals surface area contributed by atoms with Gasteiger partial charge in [-0.1, -0.05) is 17.7 Å². The number of halogens is 1. The second-order valence-corrected chi connectivity index (χ2v) is 5.45. The van der Waals surface area contributed by atoms with Crippen molar-refractivity contribution in [1.29, 1.82) is 0 Å². The number of rotatable bonds is 4. The van der Waals surface area contributed by atoms with E-state index in [1.165, 1.54) is 18.2 Å². The van der Waals surface area contributed by atoms with Gasteiger partial charge in [0.25, 0.3) is 0 Å². The van der Waals surface area contributed by atoms with Crippen molar-refractivity contribution in [2.75, 3.05) is 12.4 Å². The Morgan fingerprint density at radius 1 is 1.44 bits per heavy atom. The van der Waals surface area contributed by atoms with Crippen molar-refractivity contribution in [1.82, 2.24) is 0 Å². The van der Waals surface area contributed by atoms with E-state index in [2.05, 4.69) is 4.74 Å². The number of hydrogen-bond donors (Lipinski definition) is 0. The van der Waals surface area contributed by atoms with Crippen LogP contribution in [0, 0.1) is 0 Å². The highest BCUT2D eigenvalue weighted by atomic mass is 35.5. The highest BCUT2D eigenvalue weighted by Gasteiger charge is 2.20. The Bertz CT molecular complexity index is 481. The van der Waals surface area contributed by atoms with Crippen LogP contribution >= 0.6 is 11.6 Å². The minimum atomic E-state index is -3.66. The van der Waals surface area contributed by atoms with Gasteiger partial charge in [-0.3, -0.25) is 4.79 Å². The molecule has 4 nitrogen and oxygen atoms in total. The van der Waals surface area contributed by atoms with Crippen LogP contribution in [-0.4, -0.2) is 26.7 Å². The van der Waals surface area contributed by atoms with Gasteiger partial charge in [-0.2, -0.15) is 0 Å². The van der Waals surface area contributed by atoms with Crippen molar-refractivity contribution in [2.24, 2.45) is 0 Å². The second-order valence-electron chi connectivity index (χ2n) is 3.02. The molecule has 0 saturated carbocycles. The molecule has 0 fully saturated rings. The normalized spacial score (nSPS) is 11.1. The number of ether oxygens (including phenoxy) is 1. The van der Waals surface area contributed by atoms with Crippen molar-refractivity contribution >= 4 is 27.4 Å². The zero-order chi connectivity index (χ0) is 12.2. The lowest BCUT2D eigenvalue weighted by molar-refractivity contribution is -0.139. The first-order chi connectivity index (χ1) is 7.45. The third-order valence-electron chi connectivity index (χ3n) is 1.77. The summed E-state index contributed by atoms with van der Waals surface area (Å²) in [6.07, 6.45) is 0. The quantitative estimate of drug-likeness (QED) is 0.775. The molecule has 0 unspecified atom stereocenters. The highest BCUT2D eigenvalue weighted by Crippen LogP contribution is 2.16. The Hall–Kier alpha value is -1.07. The minimum Gasteiger partial charge on any atom is -0.465 e. The van der Waals surface area contributed by atoms with E-state index < -0.39 is 21.6 Å². The maximum Gasteiger partial charge on any atom is 0.321 e. The number of benzene rings is 1. The van der Waals surface area contributed by atoms with Crippen LogP contribution in [-0.2, 0) is 19.4 Å². The van der Waals surface area contributed by atoms with Crippen LogP contribution in [0.1, 0.15) is 6.92 Å². The van der Waals surface area contributed by atoms with E-state index in [9.17, 15) is 13.2 Å². The molecule has 0 aliphatic carbocycles. The summed E-state index contributed by atoms with van der Waals surface area (Å²) in [5, 5.41) is 0.310. The molecule has 0 amide bonds. The van der Waals surface area contributed by atoms with Crippen LogP contribution < -0.4 is 0 Å². The molecule has 0 N–H and O–H groups in total. The molecule has 88 valence electrons. The van der Waals surface area contributed by atoms with Gasteiger partial charge in [-0.15, -0.1) is 0 Å². The monoisotopic (exact) mass is 262 g/mol. The molecular formula is C10H11ClO4S. The van der Waals surface area contributed by atoms with Gasteiger partial charge in [0.15, 0.2) is 15.6 Å². The number of sulfone groups is 1. The van der Waals surface area contributed by atoms with E-state index in [1.807, 2.05) is 0 Å². The Morgan fingerprint density at radius 3 is 2.69 bits per heavy atom. The first-order valence-corrected chi connectivity index (χ1v) is 6.62. The van der Waals surface area contributed by atoms with E-state index in [1.54, 1.807) is 13.0 Å². The molecule has 16 heavy (non-hydrogen) atoms. The van der Waals surface area contributed by atoms with E-state index in [-0.39, 0.29) is 11.5 Å². The summed E-state index contributed by atoms with van der Waals surface area (Å²) in [6, 6.07) is 5.77. The smallest absolute Gasteiger partial charge is 0.321 e. The van der Waals surface area contributed by atoms with Gasteiger partial charge in [0.1, 0.15) is 0 Å². The fourth-order valence-electron chi connectivity index (χ4n) is 1.10. The molecule has 0 radical (unpaired) electrons. The van der Waals surface area contributed by atoms with Gasteiger partial charge in [-0.05, 0) is 25.1 Å². The molecule has 0 bridgehead atoms. The van der Waals surface area contributed by atoms with Crippen molar-refractivity contribution in [3.05, 3.63) is 29.3 Å². The lowest BCUT2D eigenvalue weighted by Gasteiger charge is -2.04. The molecule has 0 aromatic heterocycles. The third-order valence-corrected chi connectivity index (χ3v) is 3.59. The lowest BCUT2D eigenvalue weighted by atomic mass is 10.4. The van der Waals surface area contributed by atoms with Crippen LogP contribution in [0.25, 0.3) is 0 Å². The van der Waals surface area contributed by atoms with Crippen LogP contribution in [0.5, 0.6) is 0 Å². The first kappa shape index (κ1) is 13.0. The maximum absolute atomic E-state index is 11.7. The molecule has 1 aromatic rings. The van der Waals surface area contributed by atoms with E-state index >= 15 is 0 Å². The van der Waals surface area contributed by atoms with E-state index in [0.29, 0.717) is 5.02 Å². The molecule has 0 aliphatic rings. The molecule has 0 aliphatic heterocycles.